The lowest BCUT2D eigenvalue weighted by Crippen LogP contribution is -2.43. The summed E-state index contributed by atoms with van der Waals surface area (Å²) >= 11 is 0. The van der Waals surface area contributed by atoms with Crippen LogP contribution < -0.4 is 4.90 Å². The first-order valence-electron chi connectivity index (χ1n) is 8.16. The normalized spacial score (nSPS) is 17.6. The summed E-state index contributed by atoms with van der Waals surface area (Å²) in [5.74, 6) is -1.17. The van der Waals surface area contributed by atoms with Crippen molar-refractivity contribution in [3.8, 4) is 0 Å². The highest BCUT2D eigenvalue weighted by Crippen LogP contribution is 2.23. The molecule has 1 aromatic heterocycles. The summed E-state index contributed by atoms with van der Waals surface area (Å²) in [5.41, 5.74) is 1.06. The Morgan fingerprint density at radius 2 is 1.96 bits per heavy atom. The minimum absolute atomic E-state index is 0.178. The topological polar surface area (TPSA) is 107 Å². The molecule has 0 bridgehead atoms. The molecule has 0 fully saturated rings. The van der Waals surface area contributed by atoms with Gasteiger partial charge in [0.1, 0.15) is 11.3 Å². The van der Waals surface area contributed by atoms with Crippen molar-refractivity contribution in [3.05, 3.63) is 58.8 Å². The summed E-state index contributed by atoms with van der Waals surface area (Å²) in [6.45, 7) is 2.63. The fraction of sp³-hybridized carbons (Fsp3) is 0.278. The first-order valence-corrected chi connectivity index (χ1v) is 9.88. The lowest BCUT2D eigenvalue weighted by atomic mass is 10.2. The number of aryl methyl sites for hydroxylation is 2. The molecular formula is C18H18N2O6S. The number of esters is 1. The number of aromatic nitrogens is 1. The number of sulfone groups is 1. The fourth-order valence-electron chi connectivity index (χ4n) is 2.87. The van der Waals surface area contributed by atoms with E-state index in [0.29, 0.717) is 17.1 Å². The molecule has 2 aromatic rings. The molecule has 1 aliphatic heterocycles. The van der Waals surface area contributed by atoms with Gasteiger partial charge in [-0.25, -0.2) is 13.2 Å². The van der Waals surface area contributed by atoms with Crippen LogP contribution >= 0.6 is 0 Å². The molecule has 8 nitrogen and oxygen atoms in total. The Hall–Kier alpha value is -2.94. The van der Waals surface area contributed by atoms with Crippen LogP contribution in [0, 0.1) is 13.8 Å². The highest BCUT2D eigenvalue weighted by atomic mass is 32.2. The number of ether oxygens (including phenoxy) is 1. The maximum Gasteiger partial charge on any atom is 0.344 e. The number of anilines is 1. The van der Waals surface area contributed by atoms with Gasteiger partial charge in [-0.15, -0.1) is 0 Å². The molecule has 1 amide bonds. The Balaban J connectivity index is 1.78. The van der Waals surface area contributed by atoms with Gasteiger partial charge in [0.2, 0.25) is 0 Å². The van der Waals surface area contributed by atoms with E-state index in [1.165, 1.54) is 11.0 Å². The Morgan fingerprint density at radius 3 is 2.52 bits per heavy atom. The highest BCUT2D eigenvalue weighted by Gasteiger charge is 2.32. The van der Waals surface area contributed by atoms with E-state index in [9.17, 15) is 18.0 Å². The van der Waals surface area contributed by atoms with Gasteiger partial charge in [-0.3, -0.25) is 4.79 Å². The Bertz CT molecular complexity index is 975. The first-order chi connectivity index (χ1) is 12.8. The van der Waals surface area contributed by atoms with Crippen molar-refractivity contribution in [2.24, 2.45) is 0 Å². The van der Waals surface area contributed by atoms with Crippen molar-refractivity contribution in [3.63, 3.8) is 0 Å². The summed E-state index contributed by atoms with van der Waals surface area (Å²) in [6.07, 6.45) is 1.45. The van der Waals surface area contributed by atoms with Crippen molar-refractivity contribution < 1.29 is 27.3 Å². The van der Waals surface area contributed by atoms with Crippen LogP contribution in [0.2, 0.25) is 0 Å². The zero-order valence-electron chi connectivity index (χ0n) is 14.8. The molecule has 0 radical (unpaired) electrons. The molecule has 1 aromatic carbocycles. The number of hydrogen-bond acceptors (Lipinski definition) is 7. The summed E-state index contributed by atoms with van der Waals surface area (Å²) in [6, 6.07) is 7.96. The van der Waals surface area contributed by atoms with Crippen LogP contribution in [0.1, 0.15) is 21.8 Å². The molecule has 142 valence electrons. The van der Waals surface area contributed by atoms with E-state index in [2.05, 4.69) is 5.16 Å². The van der Waals surface area contributed by atoms with E-state index in [-0.39, 0.29) is 11.3 Å². The monoisotopic (exact) mass is 390 g/mol. The Kier molecular flexibility index (Phi) is 5.13. The SMILES string of the molecule is Cc1noc(C)c1C(=O)OCC(=O)N(c1ccccc1)[C@H]1C=CS(=O)(=O)C1. The zero-order valence-corrected chi connectivity index (χ0v) is 15.6. The third-order valence-corrected chi connectivity index (χ3v) is 5.49. The minimum Gasteiger partial charge on any atom is -0.452 e. The minimum atomic E-state index is -3.36. The quantitative estimate of drug-likeness (QED) is 0.716. The molecule has 0 unspecified atom stereocenters. The van der Waals surface area contributed by atoms with Gasteiger partial charge in [0.25, 0.3) is 5.91 Å². The van der Waals surface area contributed by atoms with Gasteiger partial charge in [-0.05, 0) is 32.1 Å². The van der Waals surface area contributed by atoms with Crippen molar-refractivity contribution in [2.75, 3.05) is 17.3 Å². The number of para-hydroxylation sites is 1. The Labute approximate surface area is 156 Å². The smallest absolute Gasteiger partial charge is 0.344 e. The lowest BCUT2D eigenvalue weighted by Gasteiger charge is -2.27. The number of benzene rings is 1. The standard InChI is InChI=1S/C18H18N2O6S/c1-12-17(13(2)26-19-12)18(22)25-10-16(21)20(14-6-4-3-5-7-14)15-8-9-27(23,24)11-15/h3-9,15H,10-11H2,1-2H3/t15-/m0/s1. The van der Waals surface area contributed by atoms with Crippen LogP contribution in [0.5, 0.6) is 0 Å². The van der Waals surface area contributed by atoms with Gasteiger partial charge >= 0.3 is 5.97 Å². The molecule has 27 heavy (non-hydrogen) atoms. The molecular weight excluding hydrogens is 372 g/mol. The van der Waals surface area contributed by atoms with Crippen molar-refractivity contribution in [1.82, 2.24) is 5.16 Å². The third-order valence-electron chi connectivity index (χ3n) is 4.11. The lowest BCUT2D eigenvalue weighted by molar-refractivity contribution is -0.121. The average Bonchev–Trinajstić information content (AvgIpc) is 3.15. The molecule has 0 N–H and O–H groups in total. The molecule has 0 saturated carbocycles. The van der Waals surface area contributed by atoms with Gasteiger partial charge in [-0.1, -0.05) is 23.4 Å². The molecule has 1 atom stereocenters. The summed E-state index contributed by atoms with van der Waals surface area (Å²) in [7, 11) is -3.36. The third kappa shape index (κ3) is 4.08. The number of carbonyl (C=O) groups is 2. The van der Waals surface area contributed by atoms with Crippen LogP contribution in [0.4, 0.5) is 5.69 Å². The second kappa shape index (κ2) is 7.36. The van der Waals surface area contributed by atoms with Crippen LogP contribution in [-0.2, 0) is 19.4 Å². The highest BCUT2D eigenvalue weighted by molar-refractivity contribution is 7.94. The van der Waals surface area contributed by atoms with Crippen molar-refractivity contribution >= 4 is 27.4 Å². The molecule has 0 aliphatic carbocycles. The van der Waals surface area contributed by atoms with Crippen LogP contribution in [0.15, 0.2) is 46.3 Å². The van der Waals surface area contributed by atoms with Crippen LogP contribution in [0.25, 0.3) is 0 Å². The van der Waals surface area contributed by atoms with Gasteiger partial charge in [0.15, 0.2) is 16.4 Å². The van der Waals surface area contributed by atoms with Crippen LogP contribution in [0.3, 0.4) is 0 Å². The average molecular weight is 390 g/mol. The molecule has 0 spiro atoms. The van der Waals surface area contributed by atoms with Gasteiger partial charge in [0, 0.05) is 11.1 Å². The predicted molar refractivity (Wildman–Crippen MR) is 96.9 cm³/mol. The van der Waals surface area contributed by atoms with E-state index in [0.717, 1.165) is 5.41 Å². The predicted octanol–water partition coefficient (Wildman–Crippen LogP) is 1.79. The maximum absolute atomic E-state index is 12.8. The van der Waals surface area contributed by atoms with E-state index in [1.807, 2.05) is 0 Å². The summed E-state index contributed by atoms with van der Waals surface area (Å²) in [4.78, 5) is 26.3. The van der Waals surface area contributed by atoms with Gasteiger partial charge < -0.3 is 14.2 Å². The van der Waals surface area contributed by atoms with Gasteiger partial charge in [0.05, 0.1) is 17.5 Å². The number of nitrogens with zero attached hydrogens (tertiary/aromatic N) is 2. The largest absolute Gasteiger partial charge is 0.452 e. The second-order valence-electron chi connectivity index (χ2n) is 6.10. The summed E-state index contributed by atoms with van der Waals surface area (Å²) < 4.78 is 33.6. The Morgan fingerprint density at radius 1 is 1.26 bits per heavy atom. The molecule has 9 heteroatoms. The zero-order chi connectivity index (χ0) is 19.6. The second-order valence-corrected chi connectivity index (χ2v) is 8.03. The number of hydrogen-bond donors (Lipinski definition) is 0. The van der Waals surface area contributed by atoms with E-state index in [4.69, 9.17) is 9.26 Å². The van der Waals surface area contributed by atoms with Crippen molar-refractivity contribution in [2.45, 2.75) is 19.9 Å². The first kappa shape index (κ1) is 18.8. The number of carbonyl (C=O) groups excluding carboxylic acids is 2. The maximum atomic E-state index is 12.8. The fourth-order valence-corrected chi connectivity index (χ4v) is 4.14. The van der Waals surface area contributed by atoms with E-state index >= 15 is 0 Å². The number of rotatable bonds is 5. The van der Waals surface area contributed by atoms with Crippen molar-refractivity contribution in [1.29, 1.82) is 0 Å². The molecule has 1 aliphatic rings. The van der Waals surface area contributed by atoms with E-state index < -0.39 is 34.4 Å². The molecule has 2 heterocycles. The van der Waals surface area contributed by atoms with Crippen LogP contribution in [-0.4, -0.2) is 43.9 Å². The van der Waals surface area contributed by atoms with E-state index in [1.54, 1.807) is 44.2 Å². The van der Waals surface area contributed by atoms with Gasteiger partial charge in [-0.2, -0.15) is 0 Å². The molecule has 0 saturated heterocycles. The molecule has 3 rings (SSSR count). The number of amides is 1. The summed E-state index contributed by atoms with van der Waals surface area (Å²) in [5, 5.41) is 4.77.